The monoisotopic (exact) mass is 878 g/mol. The van der Waals surface area contributed by atoms with Gasteiger partial charge in [-0.2, -0.15) is 20.5 Å². The second-order valence-electron chi connectivity index (χ2n) is 19.8. The van der Waals surface area contributed by atoms with Gasteiger partial charge in [0.15, 0.2) is 11.6 Å². The van der Waals surface area contributed by atoms with Gasteiger partial charge in [0.25, 0.3) is 0 Å². The smallest absolute Gasteiger partial charge is 0.185 e. The molecule has 0 aliphatic heterocycles. The fourth-order valence-electron chi connectivity index (χ4n) is 7.39. The van der Waals surface area contributed by atoms with Crippen molar-refractivity contribution in [1.82, 2.24) is 0 Å². The molecule has 2 aliphatic carbocycles. The maximum absolute atomic E-state index is 13.9. The Hall–Kier alpha value is -4.08. The van der Waals surface area contributed by atoms with Crippen LogP contribution in [0.15, 0.2) is 140 Å². The number of benzene rings is 2. The highest BCUT2D eigenvalue weighted by Gasteiger charge is 2.39. The van der Waals surface area contributed by atoms with Gasteiger partial charge in [-0.25, -0.2) is 0 Å². The van der Waals surface area contributed by atoms with Gasteiger partial charge in [0.05, 0.1) is 11.4 Å². The highest BCUT2D eigenvalue weighted by molar-refractivity contribution is 7.22. The van der Waals surface area contributed by atoms with Crippen LogP contribution >= 0.6 is 45.9 Å². The quantitative estimate of drug-likeness (QED) is 0.157. The zero-order valence-corrected chi connectivity index (χ0v) is 39.9. The Balaban J connectivity index is 1.44. The number of hydrogen-bond acceptors (Lipinski definition) is 8. The maximum atomic E-state index is 13.9. The maximum Gasteiger partial charge on any atom is 0.185 e. The Morgan fingerprint density at radius 3 is 1.00 bits per heavy atom. The summed E-state index contributed by atoms with van der Waals surface area (Å²) in [6.07, 6.45) is 8.43. The van der Waals surface area contributed by atoms with Crippen LogP contribution in [0.5, 0.6) is 0 Å². The van der Waals surface area contributed by atoms with Crippen LogP contribution in [0.3, 0.4) is 0 Å². The molecule has 0 saturated carbocycles. The molecule has 4 aromatic rings. The van der Waals surface area contributed by atoms with E-state index in [4.69, 9.17) is 43.7 Å². The van der Waals surface area contributed by atoms with Crippen LogP contribution in [-0.4, -0.2) is 11.6 Å². The molecule has 0 bridgehead atoms. The summed E-state index contributed by atoms with van der Waals surface area (Å²) in [5.74, 6) is -0.216. The molecule has 10 heteroatoms. The number of nitrogens with zero attached hydrogens (tertiary/aromatic N) is 4. The van der Waals surface area contributed by atoms with Gasteiger partial charge in [0.1, 0.15) is 12.1 Å². The molecule has 6 nitrogen and oxygen atoms in total. The molecule has 0 radical (unpaired) electrons. The Labute approximate surface area is 374 Å². The van der Waals surface area contributed by atoms with Crippen molar-refractivity contribution in [3.63, 3.8) is 0 Å². The number of thiophene rings is 2. The molecule has 0 saturated heterocycles. The molecular weight excluding hydrogens is 824 g/mol. The summed E-state index contributed by atoms with van der Waals surface area (Å²) in [5, 5.41) is 20.7. The first-order valence-electron chi connectivity index (χ1n) is 20.4. The standard InChI is InChI=1S/C50H56Cl2N4O2S2/c1-47(2,3)35-25-29(26-36(45(35)57)48(4,5)6)43(55-53-33-17-13-31(51)14-18-33)41-23-21-39(59-41)40-22-24-42(60-40)44(56-54-34-19-15-32(52)16-20-34)30-27-37(49(7,8)9)46(58)38(28-30)50(10,11)12/h13-30,43-44H,1-12H3. The molecule has 0 amide bonds. The van der Waals surface area contributed by atoms with Gasteiger partial charge in [-0.05, 0) is 94.5 Å². The minimum Gasteiger partial charge on any atom is -0.289 e. The summed E-state index contributed by atoms with van der Waals surface area (Å²) >= 11 is 15.8. The number of carbonyl (C=O) groups excluding carboxylic acids is 2. The van der Waals surface area contributed by atoms with E-state index in [1.807, 2.05) is 48.5 Å². The third-order valence-corrected chi connectivity index (χ3v) is 13.7. The van der Waals surface area contributed by atoms with Crippen molar-refractivity contribution in [1.29, 1.82) is 0 Å². The van der Waals surface area contributed by atoms with Gasteiger partial charge in [-0.3, -0.25) is 9.59 Å². The summed E-state index contributed by atoms with van der Waals surface area (Å²) in [6, 6.07) is 22.5. The van der Waals surface area contributed by atoms with Gasteiger partial charge in [0.2, 0.25) is 0 Å². The number of ketones is 2. The van der Waals surface area contributed by atoms with Crippen molar-refractivity contribution >= 4 is 68.8 Å². The van der Waals surface area contributed by atoms with Crippen LogP contribution < -0.4 is 0 Å². The average Bonchev–Trinajstić information content (AvgIpc) is 3.83. The number of halogens is 2. The predicted octanol–water partition coefficient (Wildman–Crippen LogP) is 16.7. The lowest BCUT2D eigenvalue weighted by Gasteiger charge is -2.34. The van der Waals surface area contributed by atoms with Crippen molar-refractivity contribution in [3.05, 3.63) is 139 Å². The normalized spacial score (nSPS) is 17.6. The van der Waals surface area contributed by atoms with E-state index >= 15 is 0 Å². The van der Waals surface area contributed by atoms with Gasteiger partial charge in [0, 0.05) is 63.7 Å². The average molecular weight is 880 g/mol. The minimum absolute atomic E-state index is 0.0941. The van der Waals surface area contributed by atoms with Gasteiger partial charge < -0.3 is 0 Å². The zero-order chi connectivity index (χ0) is 43.9. The Morgan fingerprint density at radius 1 is 0.450 bits per heavy atom. The number of azo groups is 2. The lowest BCUT2D eigenvalue weighted by Crippen LogP contribution is -2.30. The molecule has 60 heavy (non-hydrogen) atoms. The summed E-state index contributed by atoms with van der Waals surface area (Å²) in [4.78, 5) is 32.1. The molecule has 2 unspecified atom stereocenters. The molecular formula is C50H56Cl2N4O2S2. The predicted molar refractivity (Wildman–Crippen MR) is 252 cm³/mol. The van der Waals surface area contributed by atoms with Crippen LogP contribution in [0, 0.1) is 33.5 Å². The number of Topliss-reactive ketones (excluding diaryl/α,β-unsaturated/α-hetero) is 2. The van der Waals surface area contributed by atoms with Crippen LogP contribution in [0.1, 0.15) is 105 Å². The van der Waals surface area contributed by atoms with Crippen molar-refractivity contribution in [3.8, 4) is 9.75 Å². The molecule has 0 fully saturated rings. The van der Waals surface area contributed by atoms with E-state index < -0.39 is 0 Å². The second kappa shape index (κ2) is 17.4. The first-order chi connectivity index (χ1) is 27.9. The summed E-state index contributed by atoms with van der Waals surface area (Å²) in [6.45, 7) is 25.1. The van der Waals surface area contributed by atoms with Gasteiger partial charge in [-0.1, -0.05) is 131 Å². The van der Waals surface area contributed by atoms with Crippen LogP contribution in [-0.2, 0) is 9.59 Å². The Kier molecular flexibility index (Phi) is 13.1. The van der Waals surface area contributed by atoms with E-state index in [-0.39, 0.29) is 57.1 Å². The van der Waals surface area contributed by atoms with Gasteiger partial charge in [-0.15, -0.1) is 22.7 Å². The molecule has 314 valence electrons. The molecule has 2 heterocycles. The Morgan fingerprint density at radius 2 is 0.733 bits per heavy atom. The first-order valence-corrected chi connectivity index (χ1v) is 22.8. The molecule has 2 aromatic heterocycles. The highest BCUT2D eigenvalue weighted by Crippen LogP contribution is 2.48. The van der Waals surface area contributed by atoms with E-state index in [1.165, 1.54) is 0 Å². The molecule has 0 spiro atoms. The lowest BCUT2D eigenvalue weighted by molar-refractivity contribution is -0.115. The first kappa shape index (κ1) is 45.4. The number of carbonyl (C=O) groups is 2. The molecule has 2 atom stereocenters. The SMILES string of the molecule is CC(C)(C)C1=CC(C(N=Nc2ccc(Cl)cc2)c2ccc(-c3ccc(C(N=Nc4ccc(Cl)cc4)C4C=C(C(C)(C)C)C(=O)C(C(C)(C)C)=C4)s3)s2)C=C(C(C)(C)C)C1=O. The topological polar surface area (TPSA) is 83.6 Å². The van der Waals surface area contributed by atoms with E-state index in [1.54, 1.807) is 22.7 Å². The van der Waals surface area contributed by atoms with Crippen LogP contribution in [0.4, 0.5) is 11.4 Å². The van der Waals surface area contributed by atoms with E-state index in [0.29, 0.717) is 21.4 Å². The van der Waals surface area contributed by atoms with Gasteiger partial charge >= 0.3 is 0 Å². The molecule has 0 N–H and O–H groups in total. The van der Waals surface area contributed by atoms with Crippen LogP contribution in [0.2, 0.25) is 10.0 Å². The fourth-order valence-corrected chi connectivity index (χ4v) is 9.94. The fraction of sp³-hybridized carbons (Fsp3) is 0.400. The van der Waals surface area contributed by atoms with E-state index in [2.05, 4.69) is 132 Å². The third-order valence-electron chi connectivity index (χ3n) is 10.7. The van der Waals surface area contributed by atoms with Crippen molar-refractivity contribution in [2.75, 3.05) is 0 Å². The summed E-state index contributed by atoms with van der Waals surface area (Å²) < 4.78 is 0. The largest absolute Gasteiger partial charge is 0.289 e. The third kappa shape index (κ3) is 10.5. The second-order valence-corrected chi connectivity index (χ2v) is 22.9. The molecule has 2 aromatic carbocycles. The minimum atomic E-state index is -0.385. The summed E-state index contributed by atoms with van der Waals surface area (Å²) in [5.41, 5.74) is 3.15. The van der Waals surface area contributed by atoms with Crippen molar-refractivity contribution < 1.29 is 9.59 Å². The van der Waals surface area contributed by atoms with Crippen LogP contribution in [0.25, 0.3) is 9.75 Å². The van der Waals surface area contributed by atoms with E-state index in [9.17, 15) is 9.59 Å². The zero-order valence-electron chi connectivity index (χ0n) is 36.7. The number of hydrogen-bond donors (Lipinski definition) is 0. The highest BCUT2D eigenvalue weighted by atomic mass is 35.5. The molecule has 2 aliphatic rings. The number of rotatable bonds is 9. The summed E-state index contributed by atoms with van der Waals surface area (Å²) in [7, 11) is 0. The molecule has 6 rings (SSSR count). The Bertz CT molecular complexity index is 2200. The van der Waals surface area contributed by atoms with Crippen molar-refractivity contribution in [2.24, 2.45) is 54.0 Å². The number of allylic oxidation sites excluding steroid dienone is 4. The lowest BCUT2D eigenvalue weighted by atomic mass is 9.70. The van der Waals surface area contributed by atoms with E-state index in [0.717, 1.165) is 41.8 Å². The van der Waals surface area contributed by atoms with Crippen molar-refractivity contribution in [2.45, 2.75) is 95.2 Å².